The van der Waals surface area contributed by atoms with Crippen molar-refractivity contribution in [2.75, 3.05) is 19.6 Å². The van der Waals surface area contributed by atoms with Crippen LogP contribution >= 0.6 is 0 Å². The first-order chi connectivity index (χ1) is 10.1. The van der Waals surface area contributed by atoms with E-state index in [-0.39, 0.29) is 36.6 Å². The molecule has 114 valence electrons. The molecule has 0 aliphatic carbocycles. The summed E-state index contributed by atoms with van der Waals surface area (Å²) in [6, 6.07) is 5.48. The molecule has 0 saturated carbocycles. The third-order valence-corrected chi connectivity index (χ3v) is 3.41. The third-order valence-electron chi connectivity index (χ3n) is 3.41. The second-order valence-corrected chi connectivity index (χ2v) is 5.12. The van der Waals surface area contributed by atoms with E-state index in [1.807, 2.05) is 0 Å². The molecule has 1 atom stereocenters. The molecule has 1 fully saturated rings. The molecular formula is C15H20FN3O2. The van der Waals surface area contributed by atoms with Crippen LogP contribution in [0.4, 0.5) is 4.39 Å². The molecule has 0 bridgehead atoms. The minimum atomic E-state index is -0.382. The molecule has 2 amide bonds. The molecule has 1 aliphatic rings. The number of nitrogens with one attached hydrogen (secondary N) is 3. The zero-order chi connectivity index (χ0) is 15.1. The van der Waals surface area contributed by atoms with Gasteiger partial charge in [0.15, 0.2) is 0 Å². The van der Waals surface area contributed by atoms with Gasteiger partial charge >= 0.3 is 0 Å². The van der Waals surface area contributed by atoms with E-state index in [1.165, 1.54) is 24.3 Å². The Balaban J connectivity index is 1.67. The lowest BCUT2D eigenvalue weighted by atomic mass is 10.1. The Kier molecular flexibility index (Phi) is 5.68. The molecule has 1 aromatic carbocycles. The molecule has 1 aliphatic heterocycles. The van der Waals surface area contributed by atoms with E-state index in [0.717, 1.165) is 25.9 Å². The molecule has 21 heavy (non-hydrogen) atoms. The lowest BCUT2D eigenvalue weighted by molar-refractivity contribution is -0.121. The van der Waals surface area contributed by atoms with Crippen LogP contribution in [0, 0.1) is 5.82 Å². The molecule has 0 unspecified atom stereocenters. The number of hydrogen-bond donors (Lipinski definition) is 3. The summed E-state index contributed by atoms with van der Waals surface area (Å²) in [6.07, 6.45) is 2.29. The van der Waals surface area contributed by atoms with Gasteiger partial charge < -0.3 is 16.0 Å². The average Bonchev–Trinajstić information content (AvgIpc) is 2.49. The van der Waals surface area contributed by atoms with E-state index in [4.69, 9.17) is 0 Å². The van der Waals surface area contributed by atoms with Gasteiger partial charge in [-0.3, -0.25) is 9.59 Å². The van der Waals surface area contributed by atoms with Gasteiger partial charge in [-0.25, -0.2) is 4.39 Å². The van der Waals surface area contributed by atoms with E-state index < -0.39 is 0 Å². The molecule has 3 N–H and O–H groups in total. The van der Waals surface area contributed by atoms with Crippen molar-refractivity contribution >= 4 is 11.8 Å². The fraction of sp³-hybridized carbons (Fsp3) is 0.467. The number of halogens is 1. The summed E-state index contributed by atoms with van der Waals surface area (Å²) in [7, 11) is 0. The van der Waals surface area contributed by atoms with Crippen molar-refractivity contribution in [3.05, 3.63) is 35.6 Å². The van der Waals surface area contributed by atoms with Gasteiger partial charge in [-0.2, -0.15) is 0 Å². The highest BCUT2D eigenvalue weighted by Gasteiger charge is 2.15. The van der Waals surface area contributed by atoms with Crippen LogP contribution in [0.15, 0.2) is 24.3 Å². The van der Waals surface area contributed by atoms with Crippen LogP contribution in [0.2, 0.25) is 0 Å². The number of hydrogen-bond acceptors (Lipinski definition) is 3. The smallest absolute Gasteiger partial charge is 0.251 e. The highest BCUT2D eigenvalue weighted by Crippen LogP contribution is 2.03. The first kappa shape index (κ1) is 15.4. The Hall–Kier alpha value is -1.95. The van der Waals surface area contributed by atoms with Crippen LogP contribution in [0.25, 0.3) is 0 Å². The van der Waals surface area contributed by atoms with Crippen LogP contribution < -0.4 is 16.0 Å². The normalized spacial score (nSPS) is 18.0. The molecule has 6 heteroatoms. The second-order valence-electron chi connectivity index (χ2n) is 5.12. The number of carbonyl (C=O) groups excluding carboxylic acids is 2. The first-order valence-corrected chi connectivity index (χ1v) is 7.19. The summed E-state index contributed by atoms with van der Waals surface area (Å²) in [4.78, 5) is 23.5. The number of carbonyl (C=O) groups is 2. The van der Waals surface area contributed by atoms with Crippen molar-refractivity contribution in [1.29, 1.82) is 0 Å². The van der Waals surface area contributed by atoms with Crippen molar-refractivity contribution in [3.63, 3.8) is 0 Å². The number of piperidine rings is 1. The lowest BCUT2D eigenvalue weighted by Gasteiger charge is -2.23. The summed E-state index contributed by atoms with van der Waals surface area (Å²) in [5.41, 5.74) is 0.383. The van der Waals surface area contributed by atoms with Crippen LogP contribution in [-0.4, -0.2) is 37.5 Å². The Bertz CT molecular complexity index is 484. The molecule has 0 aromatic heterocycles. The SMILES string of the molecule is O=C(CCNC(=O)c1ccc(F)cc1)N[C@H]1CCCNC1. The fourth-order valence-corrected chi connectivity index (χ4v) is 2.27. The largest absolute Gasteiger partial charge is 0.352 e. The van der Waals surface area contributed by atoms with Gasteiger partial charge in [0.1, 0.15) is 5.82 Å². The zero-order valence-corrected chi connectivity index (χ0v) is 11.8. The topological polar surface area (TPSA) is 70.2 Å². The first-order valence-electron chi connectivity index (χ1n) is 7.19. The number of rotatable bonds is 5. The van der Waals surface area contributed by atoms with Crippen molar-refractivity contribution < 1.29 is 14.0 Å². The predicted molar refractivity (Wildman–Crippen MR) is 77.4 cm³/mol. The molecule has 2 rings (SSSR count). The summed E-state index contributed by atoms with van der Waals surface area (Å²) in [5.74, 6) is -0.753. The molecule has 1 heterocycles. The van der Waals surface area contributed by atoms with E-state index in [0.29, 0.717) is 5.56 Å². The maximum atomic E-state index is 12.7. The van der Waals surface area contributed by atoms with Gasteiger partial charge in [0, 0.05) is 31.1 Å². The fourth-order valence-electron chi connectivity index (χ4n) is 2.27. The quantitative estimate of drug-likeness (QED) is 0.752. The lowest BCUT2D eigenvalue weighted by Crippen LogP contribution is -2.46. The average molecular weight is 293 g/mol. The molecule has 1 aromatic rings. The van der Waals surface area contributed by atoms with Gasteiger partial charge in [-0.05, 0) is 43.7 Å². The standard InChI is InChI=1S/C15H20FN3O2/c16-12-5-3-11(4-6-12)15(21)18-9-7-14(20)19-13-2-1-8-17-10-13/h3-6,13,17H,1-2,7-10H2,(H,18,21)(H,19,20)/t13-/m0/s1. The van der Waals surface area contributed by atoms with Crippen LogP contribution in [-0.2, 0) is 4.79 Å². The predicted octanol–water partition coefficient (Wildman–Crippen LogP) is 0.814. The van der Waals surface area contributed by atoms with Gasteiger partial charge in [-0.15, -0.1) is 0 Å². The maximum Gasteiger partial charge on any atom is 0.251 e. The summed E-state index contributed by atoms with van der Waals surface area (Å²) < 4.78 is 12.7. The van der Waals surface area contributed by atoms with Crippen LogP contribution in [0.1, 0.15) is 29.6 Å². The maximum absolute atomic E-state index is 12.7. The van der Waals surface area contributed by atoms with Crippen LogP contribution in [0.3, 0.4) is 0 Å². The number of amides is 2. The van der Waals surface area contributed by atoms with E-state index in [1.54, 1.807) is 0 Å². The molecule has 0 spiro atoms. The summed E-state index contributed by atoms with van der Waals surface area (Å²) in [5, 5.41) is 8.81. The molecule has 1 saturated heterocycles. The van der Waals surface area contributed by atoms with Crippen LogP contribution in [0.5, 0.6) is 0 Å². The Morgan fingerprint density at radius 3 is 2.71 bits per heavy atom. The molecular weight excluding hydrogens is 273 g/mol. The van der Waals surface area contributed by atoms with Crippen molar-refractivity contribution in [2.24, 2.45) is 0 Å². The van der Waals surface area contributed by atoms with E-state index >= 15 is 0 Å². The third kappa shape index (κ3) is 5.15. The monoisotopic (exact) mass is 293 g/mol. The minimum Gasteiger partial charge on any atom is -0.352 e. The van der Waals surface area contributed by atoms with Gasteiger partial charge in [0.25, 0.3) is 5.91 Å². The highest BCUT2D eigenvalue weighted by atomic mass is 19.1. The van der Waals surface area contributed by atoms with Crippen molar-refractivity contribution in [1.82, 2.24) is 16.0 Å². The van der Waals surface area contributed by atoms with Gasteiger partial charge in [-0.1, -0.05) is 0 Å². The highest BCUT2D eigenvalue weighted by molar-refractivity contribution is 5.94. The summed E-state index contributed by atoms with van der Waals surface area (Å²) in [6.45, 7) is 2.07. The van der Waals surface area contributed by atoms with Crippen molar-refractivity contribution in [3.8, 4) is 0 Å². The number of benzene rings is 1. The van der Waals surface area contributed by atoms with E-state index in [9.17, 15) is 14.0 Å². The Morgan fingerprint density at radius 2 is 2.05 bits per heavy atom. The molecule has 5 nitrogen and oxygen atoms in total. The summed E-state index contributed by atoms with van der Waals surface area (Å²) >= 11 is 0. The Labute approximate surface area is 123 Å². The second kappa shape index (κ2) is 7.73. The van der Waals surface area contributed by atoms with E-state index in [2.05, 4.69) is 16.0 Å². The molecule has 0 radical (unpaired) electrons. The van der Waals surface area contributed by atoms with Crippen molar-refractivity contribution in [2.45, 2.75) is 25.3 Å². The Morgan fingerprint density at radius 1 is 1.29 bits per heavy atom. The van der Waals surface area contributed by atoms with Gasteiger partial charge in [0.05, 0.1) is 0 Å². The minimum absolute atomic E-state index is 0.0666. The zero-order valence-electron chi connectivity index (χ0n) is 11.8. The van der Waals surface area contributed by atoms with Gasteiger partial charge in [0.2, 0.25) is 5.91 Å².